The largest absolute Gasteiger partial charge is 0.506 e. The SMILES string of the molecule is COc1ccc(CNCC(C)(C)c2nc(-c3ccc(Cl)c(O)c3)c(-c3ccncc3)[nH]2)cc1.Cl. The predicted molar refractivity (Wildman–Crippen MR) is 139 cm³/mol. The van der Waals surface area contributed by atoms with E-state index in [1.807, 2.05) is 30.3 Å². The number of imidazole rings is 1. The van der Waals surface area contributed by atoms with Gasteiger partial charge >= 0.3 is 0 Å². The lowest BCUT2D eigenvalue weighted by Gasteiger charge is -2.23. The number of methoxy groups -OCH3 is 1. The number of pyridine rings is 1. The number of aromatic hydroxyl groups is 1. The first-order chi connectivity index (χ1) is 15.9. The third-order valence-corrected chi connectivity index (χ3v) is 5.91. The van der Waals surface area contributed by atoms with Crippen molar-refractivity contribution in [3.8, 4) is 34.0 Å². The second-order valence-corrected chi connectivity index (χ2v) is 8.95. The lowest BCUT2D eigenvalue weighted by molar-refractivity contribution is 0.414. The number of nitrogens with one attached hydrogen (secondary N) is 2. The minimum absolute atomic E-state index is 0. The number of ether oxygens (including phenoxy) is 1. The summed E-state index contributed by atoms with van der Waals surface area (Å²) in [6, 6.07) is 17.1. The molecule has 0 aliphatic heterocycles. The van der Waals surface area contributed by atoms with Crippen molar-refractivity contribution in [1.29, 1.82) is 0 Å². The Labute approximate surface area is 210 Å². The number of H-pyrrole nitrogens is 1. The third kappa shape index (κ3) is 5.70. The number of rotatable bonds is 8. The van der Waals surface area contributed by atoms with Crippen molar-refractivity contribution in [3.63, 3.8) is 0 Å². The standard InChI is InChI=1S/C26H27ClN4O2.ClH/c1-26(2,16-29-15-17-4-7-20(33-3)8-5-17)25-30-23(18-10-12-28-13-11-18)24(31-25)19-6-9-21(27)22(32)14-19;/h4-14,29,32H,15-16H2,1-3H3,(H,30,31);1H. The van der Waals surface area contributed by atoms with Crippen molar-refractivity contribution >= 4 is 24.0 Å². The molecule has 34 heavy (non-hydrogen) atoms. The van der Waals surface area contributed by atoms with Gasteiger partial charge in [-0.05, 0) is 42.0 Å². The van der Waals surface area contributed by atoms with Gasteiger partial charge in [-0.3, -0.25) is 4.98 Å². The van der Waals surface area contributed by atoms with Crippen LogP contribution in [0.1, 0.15) is 25.2 Å². The number of halogens is 2. The van der Waals surface area contributed by atoms with Crippen LogP contribution in [0, 0.1) is 0 Å². The number of aromatic amines is 1. The van der Waals surface area contributed by atoms with Gasteiger partial charge in [0.15, 0.2) is 0 Å². The third-order valence-electron chi connectivity index (χ3n) is 5.59. The van der Waals surface area contributed by atoms with E-state index in [1.165, 1.54) is 5.56 Å². The van der Waals surface area contributed by atoms with Crippen molar-refractivity contribution in [2.24, 2.45) is 0 Å². The van der Waals surface area contributed by atoms with Gasteiger partial charge in [-0.2, -0.15) is 0 Å². The molecule has 178 valence electrons. The molecule has 0 radical (unpaired) electrons. The quantitative estimate of drug-likeness (QED) is 0.277. The summed E-state index contributed by atoms with van der Waals surface area (Å²) in [4.78, 5) is 12.6. The second kappa shape index (κ2) is 10.9. The van der Waals surface area contributed by atoms with Gasteiger partial charge in [0.1, 0.15) is 17.3 Å². The molecule has 8 heteroatoms. The van der Waals surface area contributed by atoms with E-state index < -0.39 is 0 Å². The van der Waals surface area contributed by atoms with Gasteiger partial charge in [-0.1, -0.05) is 43.6 Å². The zero-order chi connectivity index (χ0) is 23.4. The lowest BCUT2D eigenvalue weighted by Crippen LogP contribution is -2.33. The van der Waals surface area contributed by atoms with E-state index in [9.17, 15) is 5.11 Å². The van der Waals surface area contributed by atoms with Gasteiger partial charge in [-0.25, -0.2) is 4.98 Å². The Hall–Kier alpha value is -3.06. The summed E-state index contributed by atoms with van der Waals surface area (Å²) in [7, 11) is 1.67. The molecule has 0 spiro atoms. The molecule has 2 aromatic heterocycles. The Morgan fingerprint density at radius 1 is 1.03 bits per heavy atom. The van der Waals surface area contributed by atoms with Gasteiger partial charge < -0.3 is 20.1 Å². The van der Waals surface area contributed by atoms with Gasteiger partial charge in [0, 0.05) is 42.0 Å². The Bertz CT molecular complexity index is 1230. The van der Waals surface area contributed by atoms with Crippen LogP contribution in [-0.4, -0.2) is 33.7 Å². The van der Waals surface area contributed by atoms with Crippen LogP contribution >= 0.6 is 24.0 Å². The van der Waals surface area contributed by atoms with E-state index in [1.54, 1.807) is 31.6 Å². The molecule has 4 aromatic rings. The van der Waals surface area contributed by atoms with Crippen LogP contribution in [0.25, 0.3) is 22.5 Å². The minimum atomic E-state index is -0.277. The van der Waals surface area contributed by atoms with Crippen LogP contribution in [0.15, 0.2) is 67.0 Å². The Morgan fingerprint density at radius 3 is 2.38 bits per heavy atom. The number of hydrogen-bond acceptors (Lipinski definition) is 5. The summed E-state index contributed by atoms with van der Waals surface area (Å²) < 4.78 is 5.23. The summed E-state index contributed by atoms with van der Waals surface area (Å²) in [5, 5.41) is 14.0. The van der Waals surface area contributed by atoms with Gasteiger partial charge in [0.05, 0.1) is 23.5 Å². The number of aromatic nitrogens is 3. The van der Waals surface area contributed by atoms with Crippen molar-refractivity contribution in [3.05, 3.63) is 83.4 Å². The molecule has 6 nitrogen and oxygen atoms in total. The van der Waals surface area contributed by atoms with E-state index in [4.69, 9.17) is 21.3 Å². The van der Waals surface area contributed by atoms with Gasteiger partial charge in [0.2, 0.25) is 0 Å². The van der Waals surface area contributed by atoms with Crippen LogP contribution in [0.5, 0.6) is 11.5 Å². The molecule has 0 amide bonds. The average molecular weight is 499 g/mol. The minimum Gasteiger partial charge on any atom is -0.506 e. The van der Waals surface area contributed by atoms with Crippen molar-refractivity contribution < 1.29 is 9.84 Å². The molecule has 0 saturated carbocycles. The Morgan fingerprint density at radius 2 is 1.74 bits per heavy atom. The molecule has 0 bridgehead atoms. The van der Waals surface area contributed by atoms with Crippen LogP contribution in [0.2, 0.25) is 5.02 Å². The molecule has 0 saturated heterocycles. The highest BCUT2D eigenvalue weighted by Gasteiger charge is 2.27. The number of hydrogen-bond donors (Lipinski definition) is 3. The molecular weight excluding hydrogens is 471 g/mol. The zero-order valence-corrected chi connectivity index (χ0v) is 20.9. The average Bonchev–Trinajstić information content (AvgIpc) is 3.28. The first-order valence-corrected chi connectivity index (χ1v) is 11.1. The topological polar surface area (TPSA) is 83.1 Å². The van der Waals surface area contributed by atoms with E-state index >= 15 is 0 Å². The molecule has 2 aromatic carbocycles. The molecular formula is C26H28Cl2N4O2. The highest BCUT2D eigenvalue weighted by Crippen LogP contribution is 2.36. The van der Waals surface area contributed by atoms with E-state index in [0.717, 1.165) is 40.6 Å². The molecule has 0 unspecified atom stereocenters. The van der Waals surface area contributed by atoms with Crippen molar-refractivity contribution in [2.75, 3.05) is 13.7 Å². The fourth-order valence-corrected chi connectivity index (χ4v) is 3.75. The maximum Gasteiger partial charge on any atom is 0.134 e. The van der Waals surface area contributed by atoms with E-state index in [2.05, 4.69) is 41.3 Å². The monoisotopic (exact) mass is 498 g/mol. The van der Waals surface area contributed by atoms with Crippen LogP contribution in [0.3, 0.4) is 0 Å². The number of phenolic OH excluding ortho intramolecular Hbond substituents is 1. The first kappa shape index (κ1) is 25.6. The normalized spacial score (nSPS) is 11.2. The van der Waals surface area contributed by atoms with Crippen LogP contribution < -0.4 is 10.1 Å². The van der Waals surface area contributed by atoms with Gasteiger partial charge in [0.25, 0.3) is 0 Å². The molecule has 0 aliphatic carbocycles. The molecule has 0 fully saturated rings. The molecule has 2 heterocycles. The number of phenols is 1. The Balaban J connectivity index is 0.00000324. The lowest BCUT2D eigenvalue weighted by atomic mass is 9.92. The zero-order valence-electron chi connectivity index (χ0n) is 19.3. The van der Waals surface area contributed by atoms with Gasteiger partial charge in [-0.15, -0.1) is 12.4 Å². The smallest absolute Gasteiger partial charge is 0.134 e. The highest BCUT2D eigenvalue weighted by atomic mass is 35.5. The maximum absolute atomic E-state index is 10.1. The van der Waals surface area contributed by atoms with Crippen molar-refractivity contribution in [1.82, 2.24) is 20.3 Å². The fourth-order valence-electron chi connectivity index (χ4n) is 3.64. The van der Waals surface area contributed by atoms with Crippen LogP contribution in [-0.2, 0) is 12.0 Å². The Kier molecular flexibility index (Phi) is 8.20. The van der Waals surface area contributed by atoms with E-state index in [-0.39, 0.29) is 23.6 Å². The molecule has 0 atom stereocenters. The first-order valence-electron chi connectivity index (χ1n) is 10.7. The molecule has 0 aliphatic rings. The second-order valence-electron chi connectivity index (χ2n) is 8.55. The van der Waals surface area contributed by atoms with Crippen molar-refractivity contribution in [2.45, 2.75) is 25.8 Å². The number of nitrogens with zero attached hydrogens (tertiary/aromatic N) is 2. The number of benzene rings is 2. The summed E-state index contributed by atoms with van der Waals surface area (Å²) >= 11 is 6.03. The summed E-state index contributed by atoms with van der Waals surface area (Å²) in [5.74, 6) is 1.72. The highest BCUT2D eigenvalue weighted by molar-refractivity contribution is 6.32. The summed E-state index contributed by atoms with van der Waals surface area (Å²) in [6.45, 7) is 5.75. The summed E-state index contributed by atoms with van der Waals surface area (Å²) in [5.41, 5.74) is 4.29. The van der Waals surface area contributed by atoms with Crippen LogP contribution in [0.4, 0.5) is 0 Å². The molecule has 4 rings (SSSR count). The molecule has 3 N–H and O–H groups in total. The fraction of sp³-hybridized carbons (Fsp3) is 0.231. The maximum atomic E-state index is 10.1. The predicted octanol–water partition coefficient (Wildman–Crippen LogP) is 6.00. The van der Waals surface area contributed by atoms with E-state index in [0.29, 0.717) is 11.6 Å². The summed E-state index contributed by atoms with van der Waals surface area (Å²) in [6.07, 6.45) is 3.50.